The summed E-state index contributed by atoms with van der Waals surface area (Å²) < 4.78 is 36.6. The zero-order valence-electron chi connectivity index (χ0n) is 14.3. The van der Waals surface area contributed by atoms with Crippen LogP contribution in [0.5, 0.6) is 5.75 Å². The van der Waals surface area contributed by atoms with Gasteiger partial charge >= 0.3 is 0 Å². The summed E-state index contributed by atoms with van der Waals surface area (Å²) in [5.41, 5.74) is 0.762. The highest BCUT2D eigenvalue weighted by molar-refractivity contribution is 7.85. The molecule has 27 heavy (non-hydrogen) atoms. The first-order valence-electron chi connectivity index (χ1n) is 7.69. The molecule has 0 bridgehead atoms. The third-order valence-corrected chi connectivity index (χ3v) is 4.34. The molecule has 2 rings (SSSR count). The molecule has 0 heterocycles. The van der Waals surface area contributed by atoms with E-state index in [4.69, 9.17) is 9.29 Å². The Hall–Kier alpha value is -3.35. The minimum absolute atomic E-state index is 0.126. The third kappa shape index (κ3) is 5.57. The average Bonchev–Trinajstić information content (AvgIpc) is 2.65. The van der Waals surface area contributed by atoms with Crippen molar-refractivity contribution in [2.75, 3.05) is 12.4 Å². The van der Waals surface area contributed by atoms with E-state index in [1.165, 1.54) is 24.4 Å². The number of carbonyl (C=O) groups excluding carboxylic acids is 1. The van der Waals surface area contributed by atoms with Gasteiger partial charge in [-0.2, -0.15) is 13.7 Å². The zero-order chi connectivity index (χ0) is 19.9. The molecular formula is C18H17N3O5S. The number of benzene rings is 2. The first-order chi connectivity index (χ1) is 12.8. The van der Waals surface area contributed by atoms with Crippen LogP contribution < -0.4 is 15.4 Å². The predicted molar refractivity (Wildman–Crippen MR) is 98.4 cm³/mol. The van der Waals surface area contributed by atoms with E-state index < -0.39 is 16.0 Å². The lowest BCUT2D eigenvalue weighted by molar-refractivity contribution is -0.112. The SMILES string of the molecule is COc1ccccc1CN/C=C(/C#N)C(=O)Nc1cccc(S(=O)(=O)O)c1. The van der Waals surface area contributed by atoms with Crippen molar-refractivity contribution in [3.8, 4) is 11.8 Å². The summed E-state index contributed by atoms with van der Waals surface area (Å²) in [6.07, 6.45) is 1.26. The highest BCUT2D eigenvalue weighted by atomic mass is 32.2. The number of para-hydroxylation sites is 1. The molecule has 0 unspecified atom stereocenters. The Kier molecular flexibility index (Phi) is 6.54. The predicted octanol–water partition coefficient (Wildman–Crippen LogP) is 2.08. The van der Waals surface area contributed by atoms with Gasteiger partial charge in [0.2, 0.25) is 0 Å². The second-order valence-corrected chi connectivity index (χ2v) is 6.74. The number of anilines is 1. The molecule has 0 saturated carbocycles. The number of ether oxygens (including phenoxy) is 1. The van der Waals surface area contributed by atoms with Crippen LogP contribution in [0.2, 0.25) is 0 Å². The van der Waals surface area contributed by atoms with Crippen LogP contribution in [0.3, 0.4) is 0 Å². The Morgan fingerprint density at radius 1 is 1.26 bits per heavy atom. The maximum absolute atomic E-state index is 12.2. The first kappa shape index (κ1) is 20.0. The molecular weight excluding hydrogens is 370 g/mol. The maximum atomic E-state index is 12.2. The van der Waals surface area contributed by atoms with Gasteiger partial charge in [-0.3, -0.25) is 9.35 Å². The summed E-state index contributed by atoms with van der Waals surface area (Å²) in [5, 5.41) is 14.5. The van der Waals surface area contributed by atoms with Gasteiger partial charge in [-0.25, -0.2) is 0 Å². The highest BCUT2D eigenvalue weighted by Gasteiger charge is 2.13. The topological polar surface area (TPSA) is 129 Å². The Balaban J connectivity index is 2.07. The van der Waals surface area contributed by atoms with E-state index in [0.717, 1.165) is 11.6 Å². The summed E-state index contributed by atoms with van der Waals surface area (Å²) in [5.74, 6) is -0.0547. The summed E-state index contributed by atoms with van der Waals surface area (Å²) in [4.78, 5) is 11.8. The van der Waals surface area contributed by atoms with Crippen LogP contribution in [0.25, 0.3) is 0 Å². The molecule has 0 aliphatic rings. The lowest BCUT2D eigenvalue weighted by atomic mass is 10.2. The Morgan fingerprint density at radius 2 is 2.00 bits per heavy atom. The van der Waals surface area contributed by atoms with Gasteiger partial charge in [0.25, 0.3) is 16.0 Å². The molecule has 0 spiro atoms. The van der Waals surface area contributed by atoms with Crippen LogP contribution in [0.4, 0.5) is 5.69 Å². The number of amides is 1. The molecule has 2 aromatic carbocycles. The van der Waals surface area contributed by atoms with Gasteiger partial charge in [0.15, 0.2) is 0 Å². The molecule has 0 fully saturated rings. The molecule has 1 amide bonds. The van der Waals surface area contributed by atoms with Crippen molar-refractivity contribution in [3.63, 3.8) is 0 Å². The number of hydrogen-bond acceptors (Lipinski definition) is 6. The Bertz CT molecular complexity index is 1010. The van der Waals surface area contributed by atoms with Crippen LogP contribution in [0.15, 0.2) is 65.2 Å². The van der Waals surface area contributed by atoms with E-state index >= 15 is 0 Å². The molecule has 0 aromatic heterocycles. The van der Waals surface area contributed by atoms with Crippen LogP contribution in [0, 0.1) is 11.3 Å². The van der Waals surface area contributed by atoms with E-state index in [2.05, 4.69) is 10.6 Å². The fourth-order valence-corrected chi connectivity index (χ4v) is 2.72. The van der Waals surface area contributed by atoms with Gasteiger partial charge in [0.05, 0.1) is 12.0 Å². The molecule has 0 saturated heterocycles. The van der Waals surface area contributed by atoms with Gasteiger partial charge in [-0.1, -0.05) is 24.3 Å². The van der Waals surface area contributed by atoms with Gasteiger partial charge in [-0.05, 0) is 24.3 Å². The fourth-order valence-electron chi connectivity index (χ4n) is 2.19. The largest absolute Gasteiger partial charge is 0.496 e. The summed E-state index contributed by atoms with van der Waals surface area (Å²) in [6, 6.07) is 14.1. The number of rotatable bonds is 7. The van der Waals surface area contributed by atoms with Crippen molar-refractivity contribution in [1.82, 2.24) is 5.32 Å². The summed E-state index contributed by atoms with van der Waals surface area (Å²) in [6.45, 7) is 0.334. The number of nitriles is 1. The maximum Gasteiger partial charge on any atom is 0.294 e. The zero-order valence-corrected chi connectivity index (χ0v) is 15.2. The molecule has 8 nitrogen and oxygen atoms in total. The normalized spacial score (nSPS) is 11.4. The van der Waals surface area contributed by atoms with Crippen molar-refractivity contribution in [2.45, 2.75) is 11.4 Å². The highest BCUT2D eigenvalue weighted by Crippen LogP contribution is 2.17. The van der Waals surface area contributed by atoms with Crippen molar-refractivity contribution in [1.29, 1.82) is 5.26 Å². The van der Waals surface area contributed by atoms with Crippen LogP contribution >= 0.6 is 0 Å². The fraction of sp³-hybridized carbons (Fsp3) is 0.111. The van der Waals surface area contributed by atoms with Crippen LogP contribution in [-0.2, 0) is 21.5 Å². The van der Waals surface area contributed by atoms with E-state index in [-0.39, 0.29) is 16.2 Å². The first-order valence-corrected chi connectivity index (χ1v) is 9.13. The van der Waals surface area contributed by atoms with Crippen molar-refractivity contribution >= 4 is 21.7 Å². The van der Waals surface area contributed by atoms with Crippen LogP contribution in [-0.4, -0.2) is 26.0 Å². The summed E-state index contributed by atoms with van der Waals surface area (Å²) in [7, 11) is -2.85. The van der Waals surface area contributed by atoms with E-state index in [1.54, 1.807) is 19.2 Å². The minimum atomic E-state index is -4.39. The van der Waals surface area contributed by atoms with Gasteiger partial charge in [0.1, 0.15) is 17.4 Å². The third-order valence-electron chi connectivity index (χ3n) is 3.49. The Morgan fingerprint density at radius 3 is 2.67 bits per heavy atom. The van der Waals surface area contributed by atoms with E-state index in [1.807, 2.05) is 18.2 Å². The van der Waals surface area contributed by atoms with Crippen LogP contribution in [0.1, 0.15) is 5.56 Å². The lowest BCUT2D eigenvalue weighted by Crippen LogP contribution is -2.17. The standard InChI is InChI=1S/C18H17N3O5S/c1-26-17-8-3-2-5-13(17)11-20-12-14(10-19)18(22)21-15-6-4-7-16(9-15)27(23,24)25/h2-9,12,20H,11H2,1H3,(H,21,22)(H,23,24,25)/b14-12-. The van der Waals surface area contributed by atoms with Gasteiger partial charge < -0.3 is 15.4 Å². The number of methoxy groups -OCH3 is 1. The number of carbonyl (C=O) groups is 1. The monoisotopic (exact) mass is 387 g/mol. The minimum Gasteiger partial charge on any atom is -0.496 e. The number of nitrogens with one attached hydrogen (secondary N) is 2. The van der Waals surface area contributed by atoms with E-state index in [0.29, 0.717) is 12.3 Å². The molecule has 0 aliphatic heterocycles. The molecule has 0 atom stereocenters. The van der Waals surface area contributed by atoms with E-state index in [9.17, 15) is 18.5 Å². The van der Waals surface area contributed by atoms with Gasteiger partial charge in [-0.15, -0.1) is 0 Å². The molecule has 9 heteroatoms. The molecule has 0 radical (unpaired) electrons. The van der Waals surface area contributed by atoms with Crippen molar-refractivity contribution in [2.24, 2.45) is 0 Å². The number of hydrogen-bond donors (Lipinski definition) is 3. The molecule has 2 aromatic rings. The second kappa shape index (κ2) is 8.84. The average molecular weight is 387 g/mol. The van der Waals surface area contributed by atoms with Gasteiger partial charge in [0, 0.05) is 24.0 Å². The second-order valence-electron chi connectivity index (χ2n) is 5.32. The lowest BCUT2D eigenvalue weighted by Gasteiger charge is -2.09. The molecule has 140 valence electrons. The molecule has 3 N–H and O–H groups in total. The van der Waals surface area contributed by atoms with Crippen molar-refractivity contribution in [3.05, 3.63) is 65.9 Å². The Labute approximate surface area is 156 Å². The summed E-state index contributed by atoms with van der Waals surface area (Å²) >= 11 is 0. The quantitative estimate of drug-likeness (QED) is 0.377. The van der Waals surface area contributed by atoms with Crippen molar-refractivity contribution < 1.29 is 22.5 Å². The number of nitrogens with zero attached hydrogens (tertiary/aromatic N) is 1. The smallest absolute Gasteiger partial charge is 0.294 e. The molecule has 0 aliphatic carbocycles.